The molecule has 2 saturated heterocycles. The minimum Gasteiger partial charge on any atom is -0.484 e. The smallest absolute Gasteiger partial charge is 0.260 e. The van der Waals surface area contributed by atoms with Crippen molar-refractivity contribution in [2.45, 2.75) is 38.5 Å². The van der Waals surface area contributed by atoms with Crippen LogP contribution in [0.1, 0.15) is 38.5 Å². The molecule has 2 heterocycles. The number of carbonyl (C=O) groups excluding carboxylic acids is 4. The van der Waals surface area contributed by atoms with Gasteiger partial charge in [0.25, 0.3) is 11.8 Å². The van der Waals surface area contributed by atoms with Crippen LogP contribution in [-0.4, -0.2) is 134 Å². The minimum absolute atomic E-state index is 0.0504. The number of nitrogens with two attached hydrogens (primary N) is 4. The summed E-state index contributed by atoms with van der Waals surface area (Å²) in [6.07, 6.45) is 3.73. The van der Waals surface area contributed by atoms with E-state index in [0.717, 1.165) is 12.8 Å². The van der Waals surface area contributed by atoms with Crippen molar-refractivity contribution in [3.8, 4) is 11.5 Å². The number of ether oxygens (including phenoxy) is 2. The zero-order chi connectivity index (χ0) is 33.3. The molecule has 0 aliphatic carbocycles. The van der Waals surface area contributed by atoms with E-state index in [4.69, 9.17) is 32.4 Å². The number of rotatable bonds is 16. The number of amides is 4. The van der Waals surface area contributed by atoms with Gasteiger partial charge >= 0.3 is 0 Å². The van der Waals surface area contributed by atoms with Gasteiger partial charge in [-0.3, -0.25) is 29.2 Å². The first-order valence-corrected chi connectivity index (χ1v) is 15.7. The van der Waals surface area contributed by atoms with E-state index < -0.39 is 0 Å². The molecule has 2 aliphatic rings. The van der Waals surface area contributed by atoms with Crippen LogP contribution in [0.25, 0.3) is 0 Å². The number of carbonyl (C=O) groups is 4. The number of aliphatic imine (C=N–C) groups is 2. The summed E-state index contributed by atoms with van der Waals surface area (Å²) in [5, 5.41) is 0. The van der Waals surface area contributed by atoms with Crippen LogP contribution in [-0.2, 0) is 19.2 Å². The Balaban J connectivity index is 1.28. The molecule has 1 aromatic rings. The van der Waals surface area contributed by atoms with Gasteiger partial charge < -0.3 is 52.0 Å². The van der Waals surface area contributed by atoms with Gasteiger partial charge in [0, 0.05) is 78.3 Å². The molecule has 0 atom stereocenters. The number of benzene rings is 1. The third kappa shape index (κ3) is 12.7. The zero-order valence-electron chi connectivity index (χ0n) is 26.5. The number of guanidine groups is 2. The van der Waals surface area contributed by atoms with Crippen molar-refractivity contribution in [2.24, 2.45) is 32.9 Å². The first kappa shape index (κ1) is 35.7. The largest absolute Gasteiger partial charge is 0.484 e. The molecule has 0 radical (unpaired) electrons. The number of hydrogen-bond acceptors (Lipinski definition) is 8. The molecular formula is C30H48N10O6. The molecule has 16 nitrogen and oxygen atoms in total. The Kier molecular flexibility index (Phi) is 14.7. The molecule has 0 bridgehead atoms. The highest BCUT2D eigenvalue weighted by molar-refractivity contribution is 5.80. The number of hydrogen-bond donors (Lipinski definition) is 4. The van der Waals surface area contributed by atoms with Crippen molar-refractivity contribution in [3.63, 3.8) is 0 Å². The summed E-state index contributed by atoms with van der Waals surface area (Å²) in [5.41, 5.74) is 21.2. The van der Waals surface area contributed by atoms with Gasteiger partial charge in [-0.25, -0.2) is 0 Å². The highest BCUT2D eigenvalue weighted by Gasteiger charge is 2.25. The second-order valence-electron chi connectivity index (χ2n) is 11.1. The van der Waals surface area contributed by atoms with Crippen LogP contribution < -0.4 is 32.4 Å². The standard InChI is InChI=1S/C30H48N10O6/c31-29(32)35-11-3-1-5-25(41)37-13-17-39(18-14-37)27(43)21-45-23-7-9-24(10-8-23)46-22-28(44)40-19-15-38(16-20-40)26(42)6-2-4-12-36-30(33)34/h7-10H,1-6,11-22H2,(H4,31,32,35)(H4,33,34,36). The fourth-order valence-corrected chi connectivity index (χ4v) is 5.02. The van der Waals surface area contributed by atoms with Crippen LogP contribution in [0.2, 0.25) is 0 Å². The van der Waals surface area contributed by atoms with E-state index in [2.05, 4.69) is 9.98 Å². The third-order valence-electron chi connectivity index (χ3n) is 7.70. The van der Waals surface area contributed by atoms with Crippen LogP contribution in [0.3, 0.4) is 0 Å². The topological polar surface area (TPSA) is 228 Å². The first-order valence-electron chi connectivity index (χ1n) is 15.7. The van der Waals surface area contributed by atoms with Crippen LogP contribution in [0.4, 0.5) is 0 Å². The van der Waals surface area contributed by atoms with Crippen LogP contribution in [0.5, 0.6) is 11.5 Å². The molecule has 254 valence electrons. The summed E-state index contributed by atoms with van der Waals surface area (Å²) in [4.78, 5) is 64.9. The van der Waals surface area contributed by atoms with Gasteiger partial charge in [-0.1, -0.05) is 0 Å². The third-order valence-corrected chi connectivity index (χ3v) is 7.70. The van der Waals surface area contributed by atoms with E-state index in [0.29, 0.717) is 103 Å². The van der Waals surface area contributed by atoms with E-state index >= 15 is 0 Å². The Morgan fingerprint density at radius 3 is 1.13 bits per heavy atom. The van der Waals surface area contributed by atoms with E-state index in [-0.39, 0.29) is 48.8 Å². The summed E-state index contributed by atoms with van der Waals surface area (Å²) in [5.74, 6) is 0.923. The summed E-state index contributed by atoms with van der Waals surface area (Å²) in [7, 11) is 0. The summed E-state index contributed by atoms with van der Waals surface area (Å²) >= 11 is 0. The predicted molar refractivity (Wildman–Crippen MR) is 173 cm³/mol. The Labute approximate surface area is 269 Å². The maximum Gasteiger partial charge on any atom is 0.260 e. The molecule has 2 aliphatic heterocycles. The normalized spacial score (nSPS) is 14.8. The van der Waals surface area contributed by atoms with Gasteiger partial charge in [0.05, 0.1) is 0 Å². The second-order valence-corrected chi connectivity index (χ2v) is 11.1. The van der Waals surface area contributed by atoms with Gasteiger partial charge in [-0.2, -0.15) is 0 Å². The lowest BCUT2D eigenvalue weighted by molar-refractivity contribution is -0.140. The summed E-state index contributed by atoms with van der Waals surface area (Å²) in [6, 6.07) is 6.72. The second kappa shape index (κ2) is 18.9. The number of unbranched alkanes of at least 4 members (excludes halogenated alkanes) is 2. The predicted octanol–water partition coefficient (Wildman–Crippen LogP) is -1.33. The minimum atomic E-state index is -0.153. The fraction of sp³-hybridized carbons (Fsp3) is 0.600. The Hall–Kier alpha value is -4.76. The molecule has 1 aromatic carbocycles. The highest BCUT2D eigenvalue weighted by atomic mass is 16.5. The van der Waals surface area contributed by atoms with Crippen molar-refractivity contribution in [1.29, 1.82) is 0 Å². The molecule has 16 heteroatoms. The van der Waals surface area contributed by atoms with Crippen molar-refractivity contribution < 1.29 is 28.7 Å². The lowest BCUT2D eigenvalue weighted by Crippen LogP contribution is -2.51. The first-order chi connectivity index (χ1) is 22.1. The van der Waals surface area contributed by atoms with Crippen molar-refractivity contribution in [1.82, 2.24) is 19.6 Å². The highest BCUT2D eigenvalue weighted by Crippen LogP contribution is 2.18. The lowest BCUT2D eigenvalue weighted by Gasteiger charge is -2.34. The van der Waals surface area contributed by atoms with Crippen molar-refractivity contribution >= 4 is 35.5 Å². The Morgan fingerprint density at radius 2 is 0.826 bits per heavy atom. The van der Waals surface area contributed by atoms with Gasteiger partial charge in [0.1, 0.15) is 11.5 Å². The quantitative estimate of drug-likeness (QED) is 0.0942. The Bertz CT molecular complexity index is 1110. The molecule has 4 amide bonds. The number of piperazine rings is 2. The molecular weight excluding hydrogens is 596 g/mol. The zero-order valence-corrected chi connectivity index (χ0v) is 26.5. The van der Waals surface area contributed by atoms with Gasteiger partial charge in [-0.15, -0.1) is 0 Å². The number of nitrogens with zero attached hydrogens (tertiary/aromatic N) is 6. The molecule has 3 rings (SSSR count). The molecule has 0 aromatic heterocycles. The maximum atomic E-state index is 12.7. The lowest BCUT2D eigenvalue weighted by atomic mass is 10.2. The van der Waals surface area contributed by atoms with Crippen molar-refractivity contribution in [3.05, 3.63) is 24.3 Å². The summed E-state index contributed by atoms with van der Waals surface area (Å²) in [6.45, 7) is 4.52. The molecule has 2 fully saturated rings. The van der Waals surface area contributed by atoms with E-state index in [1.165, 1.54) is 0 Å². The van der Waals surface area contributed by atoms with Gasteiger partial charge in [0.2, 0.25) is 11.8 Å². The molecule has 0 spiro atoms. The van der Waals surface area contributed by atoms with Gasteiger partial charge in [0.15, 0.2) is 25.1 Å². The summed E-state index contributed by atoms with van der Waals surface area (Å²) < 4.78 is 11.3. The van der Waals surface area contributed by atoms with Crippen LogP contribution in [0.15, 0.2) is 34.3 Å². The van der Waals surface area contributed by atoms with E-state index in [1.807, 2.05) is 0 Å². The van der Waals surface area contributed by atoms with Crippen LogP contribution >= 0.6 is 0 Å². The van der Waals surface area contributed by atoms with E-state index in [9.17, 15) is 19.2 Å². The van der Waals surface area contributed by atoms with Crippen LogP contribution in [0, 0.1) is 0 Å². The van der Waals surface area contributed by atoms with Crippen molar-refractivity contribution in [2.75, 3.05) is 78.7 Å². The molecule has 8 N–H and O–H groups in total. The van der Waals surface area contributed by atoms with Gasteiger partial charge in [-0.05, 0) is 49.9 Å². The average molecular weight is 645 g/mol. The Morgan fingerprint density at radius 1 is 0.522 bits per heavy atom. The molecule has 46 heavy (non-hydrogen) atoms. The average Bonchev–Trinajstić information content (AvgIpc) is 3.06. The molecule has 0 unspecified atom stereocenters. The monoisotopic (exact) mass is 644 g/mol. The molecule has 0 saturated carbocycles. The fourth-order valence-electron chi connectivity index (χ4n) is 5.02. The maximum absolute atomic E-state index is 12.7. The van der Waals surface area contributed by atoms with E-state index in [1.54, 1.807) is 43.9 Å². The SMILES string of the molecule is NC(N)=NCCCCC(=O)N1CCN(C(=O)COc2ccc(OCC(=O)N3CCN(C(=O)CCCCN=C(N)N)CC3)cc2)CC1.